The molecule has 2 aromatic carbocycles. The highest BCUT2D eigenvalue weighted by molar-refractivity contribution is 7.71. The molecule has 7 heteroatoms. The minimum atomic E-state index is -0.485. The van der Waals surface area contributed by atoms with Crippen LogP contribution in [0.15, 0.2) is 58.3 Å². The van der Waals surface area contributed by atoms with Gasteiger partial charge in [-0.25, -0.2) is 4.99 Å². The maximum absolute atomic E-state index is 12.3. The normalized spacial score (nSPS) is 14.3. The fraction of sp³-hybridized carbons (Fsp3) is 0. The third-order valence-electron chi connectivity index (χ3n) is 4.03. The Labute approximate surface area is 158 Å². The van der Waals surface area contributed by atoms with Gasteiger partial charge in [0.05, 0.1) is 11.4 Å². The van der Waals surface area contributed by atoms with Crippen LogP contribution in [-0.4, -0.2) is 20.8 Å². The number of rotatable bonds is 2. The summed E-state index contributed by atoms with van der Waals surface area (Å²) in [4.78, 5) is 22.0. The van der Waals surface area contributed by atoms with Crippen LogP contribution in [0, 0.1) is 4.77 Å². The number of allylic oxidation sites excluding steroid dienone is 1. The number of hydrogen-bond donors (Lipinski definition) is 3. The molecule has 0 aliphatic carbocycles. The van der Waals surface area contributed by atoms with Crippen LogP contribution in [0.3, 0.4) is 0 Å². The first-order chi connectivity index (χ1) is 12.5. The first-order valence-electron chi connectivity index (χ1n) is 7.74. The second-order valence-electron chi connectivity index (χ2n) is 5.72. The zero-order chi connectivity index (χ0) is 18.3. The van der Waals surface area contributed by atoms with Gasteiger partial charge in [-0.05, 0) is 36.5 Å². The van der Waals surface area contributed by atoms with E-state index in [9.17, 15) is 9.90 Å². The summed E-state index contributed by atoms with van der Waals surface area (Å²) >= 11 is 11.0. The zero-order valence-electron chi connectivity index (χ0n) is 13.3. The van der Waals surface area contributed by atoms with Gasteiger partial charge in [-0.1, -0.05) is 41.9 Å². The molecule has 0 atom stereocenters. The number of aromatic hydroxyl groups is 1. The van der Waals surface area contributed by atoms with Crippen LogP contribution in [-0.2, 0) is 0 Å². The van der Waals surface area contributed by atoms with Crippen molar-refractivity contribution in [3.63, 3.8) is 0 Å². The maximum atomic E-state index is 12.3. The lowest BCUT2D eigenvalue weighted by Crippen LogP contribution is -2.12. The van der Waals surface area contributed by atoms with E-state index in [0.29, 0.717) is 16.3 Å². The quantitative estimate of drug-likeness (QED) is 0.573. The molecule has 4 rings (SSSR count). The standard InChI is InChI=1S/C19H12ClN3O2S/c20-11-6-7-15-12(8-11)13(16(21-15)10-4-2-1-3-5-10)9-14-17(24)22-19(26)23-18(14)25/h1-9H,(H3,22,23,24,25,26). The lowest BCUT2D eigenvalue weighted by molar-refractivity contribution is 0.448. The monoisotopic (exact) mass is 381 g/mol. The molecule has 1 aliphatic rings. The predicted octanol–water partition coefficient (Wildman–Crippen LogP) is 4.47. The molecular weight excluding hydrogens is 370 g/mol. The second-order valence-corrected chi connectivity index (χ2v) is 6.56. The fourth-order valence-electron chi connectivity index (χ4n) is 2.85. The summed E-state index contributed by atoms with van der Waals surface area (Å²) in [6.07, 6.45) is 1.59. The molecule has 0 saturated heterocycles. The summed E-state index contributed by atoms with van der Waals surface area (Å²) in [6, 6.07) is 15.0. The fourth-order valence-corrected chi connectivity index (χ4v) is 3.22. The van der Waals surface area contributed by atoms with Crippen molar-refractivity contribution in [2.24, 2.45) is 4.99 Å². The van der Waals surface area contributed by atoms with Crippen LogP contribution >= 0.6 is 23.8 Å². The molecule has 0 saturated carbocycles. The van der Waals surface area contributed by atoms with Crippen molar-refractivity contribution in [3.8, 4) is 5.88 Å². The lowest BCUT2D eigenvalue weighted by atomic mass is 9.96. The van der Waals surface area contributed by atoms with E-state index in [4.69, 9.17) is 23.8 Å². The van der Waals surface area contributed by atoms with Crippen molar-refractivity contribution in [2.45, 2.75) is 0 Å². The summed E-state index contributed by atoms with van der Waals surface area (Å²) in [5.74, 6) is -0.297. The molecule has 0 spiro atoms. The summed E-state index contributed by atoms with van der Waals surface area (Å²) in [7, 11) is 0. The second kappa shape index (κ2) is 6.40. The molecule has 0 amide bonds. The number of benzene rings is 2. The highest BCUT2D eigenvalue weighted by atomic mass is 35.5. The highest BCUT2D eigenvalue weighted by Crippen LogP contribution is 2.39. The van der Waals surface area contributed by atoms with Gasteiger partial charge >= 0.3 is 0 Å². The molecule has 5 nitrogen and oxygen atoms in total. The molecule has 0 radical (unpaired) electrons. The lowest BCUT2D eigenvalue weighted by Gasteiger charge is -2.07. The van der Waals surface area contributed by atoms with Gasteiger partial charge in [0.2, 0.25) is 5.88 Å². The largest absolute Gasteiger partial charge is 0.494 e. The minimum absolute atomic E-state index is 0.0569. The molecule has 1 aliphatic heterocycles. The number of nitrogens with zero attached hydrogens (tertiary/aromatic N) is 1. The molecule has 0 bridgehead atoms. The molecule has 2 heterocycles. The highest BCUT2D eigenvalue weighted by Gasteiger charge is 2.23. The van der Waals surface area contributed by atoms with Crippen LogP contribution in [0.25, 0.3) is 11.6 Å². The van der Waals surface area contributed by atoms with Crippen LogP contribution in [0.2, 0.25) is 5.02 Å². The van der Waals surface area contributed by atoms with Crippen molar-refractivity contribution in [1.82, 2.24) is 9.97 Å². The number of nitrogens with one attached hydrogen (secondary N) is 2. The van der Waals surface area contributed by atoms with Gasteiger partial charge in [-0.15, -0.1) is 0 Å². The predicted molar refractivity (Wildman–Crippen MR) is 106 cm³/mol. The van der Waals surface area contributed by atoms with E-state index in [-0.39, 0.29) is 16.2 Å². The van der Waals surface area contributed by atoms with Crippen LogP contribution < -0.4 is 5.56 Å². The first kappa shape index (κ1) is 16.5. The summed E-state index contributed by atoms with van der Waals surface area (Å²) in [5.41, 5.74) is 3.42. The first-order valence-corrected chi connectivity index (χ1v) is 8.53. The van der Waals surface area contributed by atoms with Crippen molar-refractivity contribution in [2.75, 3.05) is 0 Å². The average molecular weight is 382 g/mol. The van der Waals surface area contributed by atoms with Gasteiger partial charge in [0, 0.05) is 21.7 Å². The summed E-state index contributed by atoms with van der Waals surface area (Å²) in [6.45, 7) is 0. The molecular formula is C19H12ClN3O2S. The average Bonchev–Trinajstić information content (AvgIpc) is 2.96. The zero-order valence-corrected chi connectivity index (χ0v) is 14.9. The third kappa shape index (κ3) is 2.89. The van der Waals surface area contributed by atoms with Crippen molar-refractivity contribution >= 4 is 46.9 Å². The number of halogens is 1. The van der Waals surface area contributed by atoms with E-state index >= 15 is 0 Å². The Morgan fingerprint density at radius 2 is 1.88 bits per heavy atom. The molecule has 26 heavy (non-hydrogen) atoms. The number of aromatic amines is 2. The Bertz CT molecular complexity index is 1190. The number of fused-ring (bicyclic) bond motifs is 1. The molecule has 3 N–H and O–H groups in total. The van der Waals surface area contributed by atoms with Crippen molar-refractivity contribution in [3.05, 3.63) is 85.4 Å². The number of aromatic nitrogens is 2. The smallest absolute Gasteiger partial charge is 0.262 e. The van der Waals surface area contributed by atoms with E-state index in [1.807, 2.05) is 36.4 Å². The van der Waals surface area contributed by atoms with Gasteiger partial charge in [-0.2, -0.15) is 0 Å². The topological polar surface area (TPSA) is 81.2 Å². The van der Waals surface area contributed by atoms with Gasteiger partial charge in [0.1, 0.15) is 5.56 Å². The van der Waals surface area contributed by atoms with E-state index in [1.165, 1.54) is 0 Å². The van der Waals surface area contributed by atoms with Gasteiger partial charge < -0.3 is 10.1 Å². The number of H-pyrrole nitrogens is 2. The van der Waals surface area contributed by atoms with Gasteiger partial charge in [0.25, 0.3) is 5.56 Å². The minimum Gasteiger partial charge on any atom is -0.494 e. The number of hydrogen-bond acceptors (Lipinski definition) is 4. The van der Waals surface area contributed by atoms with E-state index in [0.717, 1.165) is 16.8 Å². The Morgan fingerprint density at radius 1 is 1.12 bits per heavy atom. The van der Waals surface area contributed by atoms with Crippen LogP contribution in [0.1, 0.15) is 16.7 Å². The van der Waals surface area contributed by atoms with Crippen molar-refractivity contribution < 1.29 is 5.11 Å². The Morgan fingerprint density at radius 3 is 2.62 bits per heavy atom. The Balaban J connectivity index is 1.98. The summed E-state index contributed by atoms with van der Waals surface area (Å²) in [5, 5.41) is 10.7. The summed E-state index contributed by atoms with van der Waals surface area (Å²) < 4.78 is 0.0569. The van der Waals surface area contributed by atoms with Crippen LogP contribution in [0.5, 0.6) is 5.88 Å². The third-order valence-corrected chi connectivity index (χ3v) is 4.47. The SMILES string of the molecule is O=c1[nH]c(=S)[nH]c(O)c1C=C1C(c2ccccc2)=Nc2ccc(Cl)cc21. The molecule has 3 aromatic rings. The molecule has 128 valence electrons. The Hall–Kier alpha value is -2.96. The molecule has 0 unspecified atom stereocenters. The van der Waals surface area contributed by atoms with E-state index in [2.05, 4.69) is 15.0 Å². The maximum Gasteiger partial charge on any atom is 0.262 e. The van der Waals surface area contributed by atoms with E-state index < -0.39 is 5.56 Å². The Kier molecular flexibility index (Phi) is 4.06. The van der Waals surface area contributed by atoms with Crippen molar-refractivity contribution in [1.29, 1.82) is 0 Å². The van der Waals surface area contributed by atoms with E-state index in [1.54, 1.807) is 18.2 Å². The van der Waals surface area contributed by atoms with Gasteiger partial charge in [0.15, 0.2) is 4.77 Å². The number of aliphatic imine (C=N–C) groups is 1. The van der Waals surface area contributed by atoms with Gasteiger partial charge in [-0.3, -0.25) is 9.78 Å². The molecule has 1 aromatic heterocycles. The van der Waals surface area contributed by atoms with Crippen LogP contribution in [0.4, 0.5) is 5.69 Å². The molecule has 0 fully saturated rings.